The second kappa shape index (κ2) is 8.09. The zero-order chi connectivity index (χ0) is 18.6. The van der Waals surface area contributed by atoms with E-state index in [1.165, 1.54) is 10.3 Å². The van der Waals surface area contributed by atoms with Gasteiger partial charge in [0.15, 0.2) is 0 Å². The number of amides is 1. The molecule has 0 aliphatic carbocycles. The molecule has 0 radical (unpaired) electrons. The summed E-state index contributed by atoms with van der Waals surface area (Å²) in [5.41, 5.74) is 2.26. The maximum absolute atomic E-state index is 12.6. The molecule has 0 unspecified atom stereocenters. The number of para-hydroxylation sites is 1. The number of benzene rings is 2. The number of thiazole rings is 1. The van der Waals surface area contributed by atoms with Gasteiger partial charge in [0.2, 0.25) is 5.91 Å². The molecule has 1 aliphatic heterocycles. The van der Waals surface area contributed by atoms with E-state index < -0.39 is 0 Å². The topological polar surface area (TPSA) is 42.4 Å². The summed E-state index contributed by atoms with van der Waals surface area (Å²) in [6.45, 7) is 4.07. The zero-order valence-corrected chi connectivity index (χ0v) is 16.4. The number of aromatic nitrogens is 1. The molecule has 1 aromatic heterocycles. The number of nitrogens with zero attached hydrogens (tertiary/aromatic N) is 2. The van der Waals surface area contributed by atoms with Crippen LogP contribution in [0, 0.1) is 6.92 Å². The van der Waals surface area contributed by atoms with Crippen molar-refractivity contribution in [2.75, 3.05) is 19.7 Å². The average Bonchev–Trinajstić information content (AvgIpc) is 3.14. The summed E-state index contributed by atoms with van der Waals surface area (Å²) in [5.74, 6) is 1.34. The number of fused-ring (bicyclic) bond motifs is 1. The summed E-state index contributed by atoms with van der Waals surface area (Å²) in [4.78, 5) is 19.4. The van der Waals surface area contributed by atoms with Crippen LogP contribution in [0.1, 0.15) is 35.8 Å². The Bertz CT molecular complexity index is 886. The molecule has 1 amide bonds. The van der Waals surface area contributed by atoms with Crippen LogP contribution in [0.5, 0.6) is 5.75 Å². The van der Waals surface area contributed by atoms with Crippen LogP contribution in [-0.4, -0.2) is 35.5 Å². The number of rotatable bonds is 5. The largest absolute Gasteiger partial charge is 0.493 e. The van der Waals surface area contributed by atoms with E-state index in [2.05, 4.69) is 18.2 Å². The molecule has 27 heavy (non-hydrogen) atoms. The van der Waals surface area contributed by atoms with E-state index in [9.17, 15) is 4.79 Å². The Hall–Kier alpha value is -2.40. The van der Waals surface area contributed by atoms with Gasteiger partial charge in [0.1, 0.15) is 5.75 Å². The number of carbonyl (C=O) groups is 1. The van der Waals surface area contributed by atoms with Crippen molar-refractivity contribution in [1.82, 2.24) is 9.88 Å². The smallest absolute Gasteiger partial charge is 0.226 e. The van der Waals surface area contributed by atoms with Gasteiger partial charge in [-0.15, -0.1) is 11.3 Å². The van der Waals surface area contributed by atoms with Gasteiger partial charge < -0.3 is 9.64 Å². The molecule has 1 saturated heterocycles. The minimum Gasteiger partial charge on any atom is -0.493 e. The standard InChI is InChI=1S/C22H24N2O2S/c1-16-8-10-18(11-9-16)26-14-12-21(25)24-13-4-5-17(15-24)22-23-19-6-2-3-7-20(19)27-22/h2-3,6-11,17H,4-5,12-15H2,1H3/t17-/m1/s1. The van der Waals surface area contributed by atoms with Crippen LogP contribution < -0.4 is 4.74 Å². The van der Waals surface area contributed by atoms with Crippen molar-refractivity contribution in [3.63, 3.8) is 0 Å². The molecule has 4 nitrogen and oxygen atoms in total. The predicted molar refractivity (Wildman–Crippen MR) is 109 cm³/mol. The highest BCUT2D eigenvalue weighted by Gasteiger charge is 2.26. The molecule has 1 aliphatic rings. The van der Waals surface area contributed by atoms with E-state index in [0.29, 0.717) is 18.9 Å². The van der Waals surface area contributed by atoms with Crippen molar-refractivity contribution in [2.45, 2.75) is 32.1 Å². The minimum atomic E-state index is 0.174. The van der Waals surface area contributed by atoms with Crippen molar-refractivity contribution in [3.8, 4) is 5.75 Å². The first-order valence-electron chi connectivity index (χ1n) is 9.52. The molecular formula is C22H24N2O2S. The number of likely N-dealkylation sites (tertiary alicyclic amines) is 1. The fourth-order valence-electron chi connectivity index (χ4n) is 3.52. The summed E-state index contributed by atoms with van der Waals surface area (Å²) in [6, 6.07) is 16.2. The van der Waals surface area contributed by atoms with Gasteiger partial charge in [-0.25, -0.2) is 4.98 Å². The molecular weight excluding hydrogens is 356 g/mol. The van der Waals surface area contributed by atoms with E-state index in [1.807, 2.05) is 42.2 Å². The molecule has 3 aromatic rings. The van der Waals surface area contributed by atoms with E-state index in [-0.39, 0.29) is 5.91 Å². The third kappa shape index (κ3) is 4.30. The third-order valence-electron chi connectivity index (χ3n) is 5.04. The second-order valence-electron chi connectivity index (χ2n) is 7.11. The molecule has 140 valence electrons. The Labute approximate surface area is 163 Å². The van der Waals surface area contributed by atoms with Crippen molar-refractivity contribution < 1.29 is 9.53 Å². The van der Waals surface area contributed by atoms with Gasteiger partial charge in [0, 0.05) is 19.0 Å². The molecule has 1 atom stereocenters. The van der Waals surface area contributed by atoms with Gasteiger partial charge in [-0.2, -0.15) is 0 Å². The molecule has 0 saturated carbocycles. The molecule has 2 aromatic carbocycles. The molecule has 0 N–H and O–H groups in total. The van der Waals surface area contributed by atoms with Gasteiger partial charge in [-0.3, -0.25) is 4.79 Å². The van der Waals surface area contributed by atoms with Crippen LogP contribution in [0.3, 0.4) is 0 Å². The van der Waals surface area contributed by atoms with Crippen LogP contribution in [0.4, 0.5) is 0 Å². The average molecular weight is 381 g/mol. The lowest BCUT2D eigenvalue weighted by Gasteiger charge is -2.32. The highest BCUT2D eigenvalue weighted by Crippen LogP contribution is 2.33. The lowest BCUT2D eigenvalue weighted by Crippen LogP contribution is -2.39. The Morgan fingerprint density at radius 2 is 2.04 bits per heavy atom. The van der Waals surface area contributed by atoms with E-state index in [1.54, 1.807) is 11.3 Å². The second-order valence-corrected chi connectivity index (χ2v) is 8.17. The summed E-state index contributed by atoms with van der Waals surface area (Å²) in [7, 11) is 0. The van der Waals surface area contributed by atoms with Crippen LogP contribution in [0.15, 0.2) is 48.5 Å². The molecule has 2 heterocycles. The van der Waals surface area contributed by atoms with Crippen LogP contribution in [0.2, 0.25) is 0 Å². The predicted octanol–water partition coefficient (Wildman–Crippen LogP) is 4.78. The van der Waals surface area contributed by atoms with Gasteiger partial charge >= 0.3 is 0 Å². The molecule has 0 spiro atoms. The lowest BCUT2D eigenvalue weighted by atomic mass is 9.98. The Morgan fingerprint density at radius 3 is 2.85 bits per heavy atom. The quantitative estimate of drug-likeness (QED) is 0.640. The summed E-state index contributed by atoms with van der Waals surface area (Å²) >= 11 is 1.76. The highest BCUT2D eigenvalue weighted by molar-refractivity contribution is 7.18. The van der Waals surface area contributed by atoms with Crippen molar-refractivity contribution in [1.29, 1.82) is 0 Å². The van der Waals surface area contributed by atoms with Gasteiger partial charge in [0.25, 0.3) is 0 Å². The van der Waals surface area contributed by atoms with Crippen LogP contribution >= 0.6 is 11.3 Å². The first-order valence-corrected chi connectivity index (χ1v) is 10.3. The molecule has 4 rings (SSSR count). The highest BCUT2D eigenvalue weighted by atomic mass is 32.1. The van der Waals surface area contributed by atoms with E-state index in [4.69, 9.17) is 9.72 Å². The van der Waals surface area contributed by atoms with Crippen molar-refractivity contribution >= 4 is 27.5 Å². The van der Waals surface area contributed by atoms with Crippen molar-refractivity contribution in [2.24, 2.45) is 0 Å². The first-order chi connectivity index (χ1) is 13.2. The fraction of sp³-hybridized carbons (Fsp3) is 0.364. The number of hydrogen-bond acceptors (Lipinski definition) is 4. The fourth-order valence-corrected chi connectivity index (χ4v) is 4.61. The number of piperidine rings is 1. The summed E-state index contributed by atoms with van der Waals surface area (Å²) in [5, 5.41) is 1.16. The first kappa shape index (κ1) is 18.0. The number of aryl methyl sites for hydroxylation is 1. The van der Waals surface area contributed by atoms with E-state index in [0.717, 1.165) is 42.2 Å². The number of carbonyl (C=O) groups excluding carboxylic acids is 1. The summed E-state index contributed by atoms with van der Waals surface area (Å²) < 4.78 is 6.94. The number of hydrogen-bond donors (Lipinski definition) is 0. The van der Waals surface area contributed by atoms with Crippen molar-refractivity contribution in [3.05, 3.63) is 59.1 Å². The molecule has 0 bridgehead atoms. The lowest BCUT2D eigenvalue weighted by molar-refractivity contribution is -0.132. The SMILES string of the molecule is Cc1ccc(OCCC(=O)N2CCC[C@@H](c3nc4ccccc4s3)C2)cc1. The molecule has 5 heteroatoms. The molecule has 1 fully saturated rings. The Kier molecular flexibility index (Phi) is 5.39. The van der Waals surface area contributed by atoms with Crippen LogP contribution in [0.25, 0.3) is 10.2 Å². The third-order valence-corrected chi connectivity index (χ3v) is 6.24. The minimum absolute atomic E-state index is 0.174. The maximum atomic E-state index is 12.6. The van der Waals surface area contributed by atoms with Crippen LogP contribution in [-0.2, 0) is 4.79 Å². The zero-order valence-electron chi connectivity index (χ0n) is 15.6. The normalized spacial score (nSPS) is 17.2. The van der Waals surface area contributed by atoms with Gasteiger partial charge in [0.05, 0.1) is 28.3 Å². The number of ether oxygens (including phenoxy) is 1. The van der Waals surface area contributed by atoms with E-state index >= 15 is 0 Å². The summed E-state index contributed by atoms with van der Waals surface area (Å²) in [6.07, 6.45) is 2.55. The maximum Gasteiger partial charge on any atom is 0.226 e. The van der Waals surface area contributed by atoms with Gasteiger partial charge in [-0.05, 0) is 44.0 Å². The Balaban J connectivity index is 1.33. The Morgan fingerprint density at radius 1 is 1.22 bits per heavy atom. The van der Waals surface area contributed by atoms with Gasteiger partial charge in [-0.1, -0.05) is 29.8 Å². The monoisotopic (exact) mass is 380 g/mol.